The Morgan fingerprint density at radius 2 is 2.07 bits per heavy atom. The summed E-state index contributed by atoms with van der Waals surface area (Å²) in [5.41, 5.74) is 0.754. The van der Waals surface area contributed by atoms with Gasteiger partial charge < -0.3 is 15.2 Å². The molecule has 1 rings (SSSR count). The van der Waals surface area contributed by atoms with E-state index in [0.29, 0.717) is 19.8 Å². The average Bonchev–Trinajstić information content (AvgIpc) is 2.14. The van der Waals surface area contributed by atoms with Gasteiger partial charge in [-0.05, 0) is 13.8 Å². The van der Waals surface area contributed by atoms with Crippen molar-refractivity contribution in [1.29, 1.82) is 0 Å². The molecule has 0 aliphatic carbocycles. The largest absolute Gasteiger partial charge is 0.388 e. The molecule has 14 heavy (non-hydrogen) atoms. The first-order chi connectivity index (χ1) is 6.62. The zero-order valence-corrected chi connectivity index (χ0v) is 9.18. The first kappa shape index (κ1) is 11.7. The van der Waals surface area contributed by atoms with Gasteiger partial charge in [-0.2, -0.15) is 0 Å². The molecule has 0 bridgehead atoms. The first-order valence-corrected chi connectivity index (χ1v) is 5.27. The second-order valence-electron chi connectivity index (χ2n) is 4.25. The molecule has 1 heterocycles. The summed E-state index contributed by atoms with van der Waals surface area (Å²) < 4.78 is 5.21. The molecule has 3 heteroatoms. The molecule has 0 aromatic carbocycles. The molecule has 3 nitrogen and oxygen atoms in total. The molecule has 1 fully saturated rings. The quantitative estimate of drug-likeness (QED) is 0.526. The Morgan fingerprint density at radius 1 is 1.43 bits per heavy atom. The van der Waals surface area contributed by atoms with E-state index in [9.17, 15) is 5.11 Å². The fourth-order valence-electron chi connectivity index (χ4n) is 1.51. The van der Waals surface area contributed by atoms with Gasteiger partial charge in [0.2, 0.25) is 0 Å². The fraction of sp³-hybridized carbons (Fsp3) is 0.818. The molecule has 0 saturated carbocycles. The van der Waals surface area contributed by atoms with Crippen LogP contribution in [0.25, 0.3) is 0 Å². The molecule has 0 unspecified atom stereocenters. The molecule has 0 aromatic rings. The zero-order valence-electron chi connectivity index (χ0n) is 9.18. The van der Waals surface area contributed by atoms with Crippen LogP contribution in [0.2, 0.25) is 0 Å². The number of hydrogen-bond donors (Lipinski definition) is 2. The van der Waals surface area contributed by atoms with E-state index < -0.39 is 5.60 Å². The van der Waals surface area contributed by atoms with Gasteiger partial charge in [0, 0.05) is 39.1 Å². The summed E-state index contributed by atoms with van der Waals surface area (Å²) in [4.78, 5) is 0. The summed E-state index contributed by atoms with van der Waals surface area (Å²) >= 11 is 0. The van der Waals surface area contributed by atoms with Crippen LogP contribution < -0.4 is 5.32 Å². The van der Waals surface area contributed by atoms with Crippen LogP contribution >= 0.6 is 0 Å². The molecule has 1 aliphatic heterocycles. The summed E-state index contributed by atoms with van der Waals surface area (Å²) in [5.74, 6) is 0. The van der Waals surface area contributed by atoms with E-state index in [1.165, 1.54) is 5.57 Å². The molecular weight excluding hydrogens is 178 g/mol. The normalized spacial score (nSPS) is 20.5. The van der Waals surface area contributed by atoms with Crippen LogP contribution in [0.4, 0.5) is 0 Å². The van der Waals surface area contributed by atoms with Gasteiger partial charge in [0.05, 0.1) is 5.60 Å². The molecule has 0 aromatic heterocycles. The van der Waals surface area contributed by atoms with Gasteiger partial charge in [-0.1, -0.05) is 11.6 Å². The number of allylic oxidation sites excluding steroid dienone is 1. The summed E-state index contributed by atoms with van der Waals surface area (Å²) in [6.45, 7) is 7.02. The number of aliphatic hydroxyl groups is 1. The van der Waals surface area contributed by atoms with Crippen LogP contribution in [0.1, 0.15) is 26.7 Å². The fourth-order valence-corrected chi connectivity index (χ4v) is 1.51. The van der Waals surface area contributed by atoms with Gasteiger partial charge in [0.25, 0.3) is 0 Å². The van der Waals surface area contributed by atoms with E-state index in [-0.39, 0.29) is 0 Å². The molecule has 0 radical (unpaired) electrons. The van der Waals surface area contributed by atoms with Crippen LogP contribution in [0.15, 0.2) is 11.6 Å². The lowest BCUT2D eigenvalue weighted by Gasteiger charge is -2.32. The van der Waals surface area contributed by atoms with Crippen molar-refractivity contribution < 1.29 is 9.84 Å². The maximum absolute atomic E-state index is 10.1. The lowest BCUT2D eigenvalue weighted by molar-refractivity contribution is -0.0610. The minimum atomic E-state index is -0.548. The average molecular weight is 199 g/mol. The maximum atomic E-state index is 10.1. The van der Waals surface area contributed by atoms with E-state index in [0.717, 1.165) is 19.4 Å². The SMILES string of the molecule is CC(C)=CCNCC1(O)CCOCC1. The lowest BCUT2D eigenvalue weighted by atomic mass is 9.94. The minimum absolute atomic E-state index is 0.548. The van der Waals surface area contributed by atoms with Gasteiger partial charge in [-0.15, -0.1) is 0 Å². The third-order valence-corrected chi connectivity index (χ3v) is 2.53. The molecule has 0 spiro atoms. The number of ether oxygens (including phenoxy) is 1. The highest BCUT2D eigenvalue weighted by atomic mass is 16.5. The van der Waals surface area contributed by atoms with Crippen molar-refractivity contribution in [1.82, 2.24) is 5.32 Å². The van der Waals surface area contributed by atoms with Crippen molar-refractivity contribution in [3.63, 3.8) is 0 Å². The second kappa shape index (κ2) is 5.49. The van der Waals surface area contributed by atoms with Gasteiger partial charge >= 0.3 is 0 Å². The Bertz CT molecular complexity index is 191. The molecule has 0 amide bonds. The second-order valence-corrected chi connectivity index (χ2v) is 4.25. The van der Waals surface area contributed by atoms with Crippen molar-refractivity contribution in [3.8, 4) is 0 Å². The maximum Gasteiger partial charge on any atom is 0.0815 e. The highest BCUT2D eigenvalue weighted by Crippen LogP contribution is 2.18. The van der Waals surface area contributed by atoms with Crippen LogP contribution in [0.3, 0.4) is 0 Å². The lowest BCUT2D eigenvalue weighted by Crippen LogP contribution is -2.45. The van der Waals surface area contributed by atoms with Crippen LogP contribution in [-0.4, -0.2) is 37.0 Å². The molecule has 82 valence electrons. The summed E-state index contributed by atoms with van der Waals surface area (Å²) in [5, 5.41) is 13.3. The van der Waals surface area contributed by atoms with Crippen LogP contribution in [0, 0.1) is 0 Å². The predicted molar refractivity (Wildman–Crippen MR) is 57.3 cm³/mol. The molecule has 0 atom stereocenters. The minimum Gasteiger partial charge on any atom is -0.388 e. The number of nitrogens with one attached hydrogen (secondary N) is 1. The van der Waals surface area contributed by atoms with Crippen molar-refractivity contribution in [2.45, 2.75) is 32.3 Å². The Hall–Kier alpha value is -0.380. The molecule has 2 N–H and O–H groups in total. The Kier molecular flexibility index (Phi) is 4.58. The van der Waals surface area contributed by atoms with E-state index in [4.69, 9.17) is 4.74 Å². The van der Waals surface area contributed by atoms with Gasteiger partial charge in [0.15, 0.2) is 0 Å². The highest BCUT2D eigenvalue weighted by molar-refractivity contribution is 4.95. The Labute approximate surface area is 86.2 Å². The smallest absolute Gasteiger partial charge is 0.0815 e. The van der Waals surface area contributed by atoms with E-state index in [1.807, 2.05) is 0 Å². The van der Waals surface area contributed by atoms with E-state index >= 15 is 0 Å². The number of hydrogen-bond acceptors (Lipinski definition) is 3. The van der Waals surface area contributed by atoms with Crippen LogP contribution in [0.5, 0.6) is 0 Å². The van der Waals surface area contributed by atoms with Gasteiger partial charge in [-0.3, -0.25) is 0 Å². The van der Waals surface area contributed by atoms with Gasteiger partial charge in [-0.25, -0.2) is 0 Å². The van der Waals surface area contributed by atoms with Crippen molar-refractivity contribution in [2.24, 2.45) is 0 Å². The van der Waals surface area contributed by atoms with Crippen molar-refractivity contribution >= 4 is 0 Å². The molecule has 1 aliphatic rings. The third-order valence-electron chi connectivity index (χ3n) is 2.53. The summed E-state index contributed by atoms with van der Waals surface area (Å²) in [6, 6.07) is 0. The predicted octanol–water partition coefficient (Wildman–Crippen LogP) is 1.08. The number of rotatable bonds is 4. The first-order valence-electron chi connectivity index (χ1n) is 5.27. The van der Waals surface area contributed by atoms with Gasteiger partial charge in [0.1, 0.15) is 0 Å². The standard InChI is InChI=1S/C11H21NO2/c1-10(2)3-6-12-9-11(13)4-7-14-8-5-11/h3,12-13H,4-9H2,1-2H3. The van der Waals surface area contributed by atoms with Crippen molar-refractivity contribution in [2.75, 3.05) is 26.3 Å². The Morgan fingerprint density at radius 3 is 2.64 bits per heavy atom. The monoisotopic (exact) mass is 199 g/mol. The van der Waals surface area contributed by atoms with Crippen molar-refractivity contribution in [3.05, 3.63) is 11.6 Å². The Balaban J connectivity index is 2.19. The van der Waals surface area contributed by atoms with E-state index in [2.05, 4.69) is 25.2 Å². The van der Waals surface area contributed by atoms with E-state index in [1.54, 1.807) is 0 Å². The topological polar surface area (TPSA) is 41.5 Å². The zero-order chi connectivity index (χ0) is 10.4. The highest BCUT2D eigenvalue weighted by Gasteiger charge is 2.28. The third kappa shape index (κ3) is 4.22. The molecule has 1 saturated heterocycles. The summed E-state index contributed by atoms with van der Waals surface area (Å²) in [7, 11) is 0. The van der Waals surface area contributed by atoms with Crippen LogP contribution in [-0.2, 0) is 4.74 Å². The summed E-state index contributed by atoms with van der Waals surface area (Å²) in [6.07, 6.45) is 3.62. The molecular formula is C11H21NO2.